The van der Waals surface area contributed by atoms with E-state index in [9.17, 15) is 4.79 Å². The first-order valence-corrected chi connectivity index (χ1v) is 6.59. The molecule has 3 nitrogen and oxygen atoms in total. The van der Waals surface area contributed by atoms with Crippen molar-refractivity contribution in [3.05, 3.63) is 21.3 Å². The Morgan fingerprint density at radius 2 is 2.12 bits per heavy atom. The highest BCUT2D eigenvalue weighted by molar-refractivity contribution is 7.12. The van der Waals surface area contributed by atoms with Gasteiger partial charge in [-0.1, -0.05) is 11.6 Å². The van der Waals surface area contributed by atoms with Crippen molar-refractivity contribution in [1.29, 1.82) is 0 Å². The van der Waals surface area contributed by atoms with E-state index in [0.29, 0.717) is 16.4 Å². The molecular weight excluding hydrogens is 244 g/mol. The van der Waals surface area contributed by atoms with Gasteiger partial charge >= 0.3 is 0 Å². The Labute approximate surface area is 105 Å². The third kappa shape index (κ3) is 2.83. The molecule has 0 unspecified atom stereocenters. The number of piperazine rings is 1. The smallest absolute Gasteiger partial charge is 0.188 e. The van der Waals surface area contributed by atoms with Crippen LogP contribution >= 0.6 is 22.9 Å². The Hall–Kier alpha value is -0.420. The number of hydrogen-bond acceptors (Lipinski definition) is 4. The highest BCUT2D eigenvalue weighted by Gasteiger charge is 2.19. The topological polar surface area (TPSA) is 23.6 Å². The molecule has 5 heteroatoms. The molecule has 16 heavy (non-hydrogen) atoms. The highest BCUT2D eigenvalue weighted by Crippen LogP contribution is 2.22. The van der Waals surface area contributed by atoms with Gasteiger partial charge in [0.05, 0.1) is 16.4 Å². The number of carbonyl (C=O) groups excluding carboxylic acids is 1. The maximum atomic E-state index is 11.9. The normalized spacial score (nSPS) is 18.9. The highest BCUT2D eigenvalue weighted by atomic mass is 35.5. The molecule has 2 rings (SSSR count). The van der Waals surface area contributed by atoms with Crippen molar-refractivity contribution in [2.75, 3.05) is 39.8 Å². The quantitative estimate of drug-likeness (QED) is 0.773. The molecule has 1 saturated heterocycles. The van der Waals surface area contributed by atoms with Gasteiger partial charge in [0.1, 0.15) is 0 Å². The van der Waals surface area contributed by atoms with Crippen LogP contribution in [0.2, 0.25) is 5.02 Å². The standard InChI is InChI=1S/C11H15ClN2OS/c1-13-3-5-14(6-4-13)8-10(15)11-9(12)2-7-16-11/h2,7H,3-6,8H2,1H3. The second-order valence-electron chi connectivity index (χ2n) is 4.10. The molecule has 0 N–H and O–H groups in total. The van der Waals surface area contributed by atoms with Crippen molar-refractivity contribution in [3.8, 4) is 0 Å². The molecule has 0 amide bonds. The molecule has 0 aliphatic carbocycles. The van der Waals surface area contributed by atoms with Gasteiger partial charge < -0.3 is 4.90 Å². The Balaban J connectivity index is 1.91. The summed E-state index contributed by atoms with van der Waals surface area (Å²) in [5.41, 5.74) is 0. The number of likely N-dealkylation sites (N-methyl/N-ethyl adjacent to an activating group) is 1. The predicted octanol–water partition coefficient (Wildman–Crippen LogP) is 1.83. The van der Waals surface area contributed by atoms with Crippen molar-refractivity contribution in [3.63, 3.8) is 0 Å². The molecular formula is C11H15ClN2OS. The first-order valence-electron chi connectivity index (χ1n) is 5.34. The van der Waals surface area contributed by atoms with Crippen molar-refractivity contribution in [2.45, 2.75) is 0 Å². The van der Waals surface area contributed by atoms with Gasteiger partial charge in [-0.05, 0) is 18.5 Å². The molecule has 0 bridgehead atoms. The molecule has 0 atom stereocenters. The Bertz CT molecular complexity index is 372. The Morgan fingerprint density at radius 3 is 2.69 bits per heavy atom. The molecule has 1 fully saturated rings. The third-order valence-corrected chi connectivity index (χ3v) is 4.22. The van der Waals surface area contributed by atoms with Crippen molar-refractivity contribution < 1.29 is 4.79 Å². The SMILES string of the molecule is CN1CCN(CC(=O)c2sccc2Cl)CC1. The van der Waals surface area contributed by atoms with Gasteiger partial charge in [-0.2, -0.15) is 0 Å². The summed E-state index contributed by atoms with van der Waals surface area (Å²) in [5.74, 6) is 0.143. The summed E-state index contributed by atoms with van der Waals surface area (Å²) in [4.78, 5) is 17.1. The van der Waals surface area contributed by atoms with Gasteiger partial charge in [0.25, 0.3) is 0 Å². The maximum absolute atomic E-state index is 11.9. The molecule has 1 aliphatic rings. The summed E-state index contributed by atoms with van der Waals surface area (Å²) in [5, 5.41) is 2.45. The van der Waals surface area contributed by atoms with E-state index in [2.05, 4.69) is 16.8 Å². The fourth-order valence-electron chi connectivity index (χ4n) is 1.77. The average molecular weight is 259 g/mol. The van der Waals surface area contributed by atoms with Crippen LogP contribution < -0.4 is 0 Å². The van der Waals surface area contributed by atoms with Gasteiger partial charge in [0, 0.05) is 26.2 Å². The van der Waals surface area contributed by atoms with Gasteiger partial charge in [-0.25, -0.2) is 0 Å². The Kier molecular flexibility index (Phi) is 3.97. The minimum Gasteiger partial charge on any atom is -0.304 e. The summed E-state index contributed by atoms with van der Waals surface area (Å²) < 4.78 is 0. The number of hydrogen-bond donors (Lipinski definition) is 0. The van der Waals surface area contributed by atoms with Crippen LogP contribution in [-0.4, -0.2) is 55.4 Å². The third-order valence-electron chi connectivity index (χ3n) is 2.83. The first-order chi connectivity index (χ1) is 7.66. The molecule has 1 aliphatic heterocycles. The number of ketones is 1. The largest absolute Gasteiger partial charge is 0.304 e. The van der Waals surface area contributed by atoms with Crippen molar-refractivity contribution in [1.82, 2.24) is 9.80 Å². The number of Topliss-reactive ketones (excluding diaryl/α,β-unsaturated/α-hetero) is 1. The number of nitrogens with zero attached hydrogens (tertiary/aromatic N) is 2. The lowest BCUT2D eigenvalue weighted by Crippen LogP contribution is -2.46. The first kappa shape index (κ1) is 12.0. The average Bonchev–Trinajstić information content (AvgIpc) is 2.68. The van der Waals surface area contributed by atoms with Crippen molar-refractivity contribution >= 4 is 28.7 Å². The van der Waals surface area contributed by atoms with Crippen LogP contribution in [0, 0.1) is 0 Å². The van der Waals surface area contributed by atoms with E-state index in [1.807, 2.05) is 5.38 Å². The zero-order valence-electron chi connectivity index (χ0n) is 9.28. The van der Waals surface area contributed by atoms with Crippen LogP contribution in [-0.2, 0) is 0 Å². The zero-order valence-corrected chi connectivity index (χ0v) is 10.9. The molecule has 0 radical (unpaired) electrons. The van der Waals surface area contributed by atoms with Crippen LogP contribution in [0.5, 0.6) is 0 Å². The molecule has 0 saturated carbocycles. The number of halogens is 1. The van der Waals surface area contributed by atoms with Crippen LogP contribution in [0.1, 0.15) is 9.67 Å². The number of rotatable bonds is 3. The van der Waals surface area contributed by atoms with Gasteiger partial charge in [0.15, 0.2) is 5.78 Å². The van der Waals surface area contributed by atoms with E-state index in [1.54, 1.807) is 6.07 Å². The number of carbonyl (C=O) groups is 1. The van der Waals surface area contributed by atoms with Gasteiger partial charge in [0.2, 0.25) is 0 Å². The second kappa shape index (κ2) is 5.27. The van der Waals surface area contributed by atoms with Crippen molar-refractivity contribution in [2.24, 2.45) is 0 Å². The monoisotopic (exact) mass is 258 g/mol. The summed E-state index contributed by atoms with van der Waals surface area (Å²) in [6.45, 7) is 4.49. The fourth-order valence-corrected chi connectivity index (χ4v) is 2.87. The van der Waals surface area contributed by atoms with Crippen LogP contribution in [0.25, 0.3) is 0 Å². The molecule has 1 aromatic rings. The van der Waals surface area contributed by atoms with E-state index in [0.717, 1.165) is 26.2 Å². The lowest BCUT2D eigenvalue weighted by atomic mass is 10.2. The lowest BCUT2D eigenvalue weighted by molar-refractivity contribution is 0.0880. The summed E-state index contributed by atoms with van der Waals surface area (Å²) in [6.07, 6.45) is 0. The van der Waals surface area contributed by atoms with E-state index >= 15 is 0 Å². The minimum atomic E-state index is 0.143. The summed E-state index contributed by atoms with van der Waals surface area (Å²) in [7, 11) is 2.11. The Morgan fingerprint density at radius 1 is 1.44 bits per heavy atom. The molecule has 2 heterocycles. The fraction of sp³-hybridized carbons (Fsp3) is 0.545. The van der Waals surface area contributed by atoms with Crippen LogP contribution in [0.4, 0.5) is 0 Å². The summed E-state index contributed by atoms with van der Waals surface area (Å²) in [6, 6.07) is 1.78. The molecule has 0 aromatic carbocycles. The molecule has 1 aromatic heterocycles. The molecule has 88 valence electrons. The van der Waals surface area contributed by atoms with Gasteiger partial charge in [-0.15, -0.1) is 11.3 Å². The van der Waals surface area contributed by atoms with E-state index in [4.69, 9.17) is 11.6 Å². The minimum absolute atomic E-state index is 0.143. The number of thiophene rings is 1. The molecule has 0 spiro atoms. The summed E-state index contributed by atoms with van der Waals surface area (Å²) >= 11 is 7.37. The maximum Gasteiger partial charge on any atom is 0.188 e. The van der Waals surface area contributed by atoms with E-state index in [1.165, 1.54) is 11.3 Å². The predicted molar refractivity (Wildman–Crippen MR) is 67.6 cm³/mol. The van der Waals surface area contributed by atoms with Crippen LogP contribution in [0.15, 0.2) is 11.4 Å². The van der Waals surface area contributed by atoms with Crippen LogP contribution in [0.3, 0.4) is 0 Å². The van der Waals surface area contributed by atoms with Gasteiger partial charge in [-0.3, -0.25) is 9.69 Å². The second-order valence-corrected chi connectivity index (χ2v) is 5.42. The van der Waals surface area contributed by atoms with E-state index < -0.39 is 0 Å². The lowest BCUT2D eigenvalue weighted by Gasteiger charge is -2.31. The van der Waals surface area contributed by atoms with E-state index in [-0.39, 0.29) is 5.78 Å². The zero-order chi connectivity index (χ0) is 11.5.